The van der Waals surface area contributed by atoms with Crippen molar-refractivity contribution in [3.8, 4) is 5.75 Å². The van der Waals surface area contributed by atoms with Gasteiger partial charge < -0.3 is 15.3 Å². The minimum atomic E-state index is -0.853. The van der Waals surface area contributed by atoms with Crippen LogP contribution in [0.25, 0.3) is 11.6 Å². The van der Waals surface area contributed by atoms with E-state index in [-0.39, 0.29) is 24.3 Å². The molecule has 4 rings (SSSR count). The Bertz CT molecular complexity index is 1290. The number of aliphatic hydroxyl groups is 2. The number of benzene rings is 2. The van der Waals surface area contributed by atoms with E-state index < -0.39 is 23.9 Å². The first-order valence-corrected chi connectivity index (χ1v) is 14.5. The van der Waals surface area contributed by atoms with Gasteiger partial charge in [0.15, 0.2) is 0 Å². The molecule has 214 valence electrons. The zero-order valence-corrected chi connectivity index (χ0v) is 24.4. The molecule has 6 nitrogen and oxygen atoms in total. The van der Waals surface area contributed by atoms with Crippen LogP contribution < -0.4 is 0 Å². The zero-order chi connectivity index (χ0) is 29.1. The molecule has 1 aliphatic carbocycles. The van der Waals surface area contributed by atoms with Crippen molar-refractivity contribution in [2.45, 2.75) is 66.4 Å². The van der Waals surface area contributed by atoms with Crippen LogP contribution in [-0.2, 0) is 9.59 Å². The van der Waals surface area contributed by atoms with Crippen LogP contribution in [0.2, 0.25) is 0 Å². The Morgan fingerprint density at radius 1 is 1.07 bits per heavy atom. The second-order valence-electron chi connectivity index (χ2n) is 11.7. The summed E-state index contributed by atoms with van der Waals surface area (Å²) >= 11 is 0. The van der Waals surface area contributed by atoms with E-state index in [0.29, 0.717) is 38.0 Å². The Morgan fingerprint density at radius 3 is 2.30 bits per heavy atom. The molecule has 3 N–H and O–H groups in total. The smallest absolute Gasteiger partial charge is 0.233 e. The molecule has 6 heteroatoms. The Labute approximate surface area is 238 Å². The van der Waals surface area contributed by atoms with Crippen molar-refractivity contribution in [3.63, 3.8) is 0 Å². The van der Waals surface area contributed by atoms with E-state index in [1.165, 1.54) is 4.90 Å². The molecular weight excluding hydrogens is 502 g/mol. The molecule has 2 aliphatic rings. The number of aryl methyl sites for hydroxylation is 2. The summed E-state index contributed by atoms with van der Waals surface area (Å²) in [6.07, 6.45) is 3.37. The topological polar surface area (TPSA) is 98.1 Å². The summed E-state index contributed by atoms with van der Waals surface area (Å²) in [4.78, 5) is 27.9. The predicted octanol–water partition coefficient (Wildman–Crippen LogP) is 5.67. The van der Waals surface area contributed by atoms with E-state index in [1.807, 2.05) is 77.1 Å². The van der Waals surface area contributed by atoms with Crippen molar-refractivity contribution in [2.75, 3.05) is 13.2 Å². The van der Waals surface area contributed by atoms with Crippen LogP contribution in [0.5, 0.6) is 5.75 Å². The third-order valence-corrected chi connectivity index (χ3v) is 8.60. The van der Waals surface area contributed by atoms with Gasteiger partial charge in [-0.3, -0.25) is 14.5 Å². The van der Waals surface area contributed by atoms with Crippen LogP contribution in [0.15, 0.2) is 53.6 Å². The number of amides is 2. The summed E-state index contributed by atoms with van der Waals surface area (Å²) in [6, 6.07) is 13.9. The highest BCUT2D eigenvalue weighted by Crippen LogP contribution is 2.48. The molecule has 0 saturated carbocycles. The fourth-order valence-electron chi connectivity index (χ4n) is 6.63. The number of aliphatic hydroxyl groups excluding tert-OH is 2. The van der Waals surface area contributed by atoms with Gasteiger partial charge in [0, 0.05) is 12.5 Å². The van der Waals surface area contributed by atoms with E-state index >= 15 is 0 Å². The largest absolute Gasteiger partial charge is 0.507 e. The number of likely N-dealkylation sites (tertiary alicyclic amines) is 1. The first-order valence-electron chi connectivity index (χ1n) is 14.5. The molecule has 4 atom stereocenters. The number of fused-ring (bicyclic) bond motifs is 1. The van der Waals surface area contributed by atoms with Gasteiger partial charge in [-0.25, -0.2) is 0 Å². The van der Waals surface area contributed by atoms with Crippen LogP contribution in [-0.4, -0.2) is 51.3 Å². The summed E-state index contributed by atoms with van der Waals surface area (Å²) < 4.78 is 0. The molecule has 40 heavy (non-hydrogen) atoms. The van der Waals surface area contributed by atoms with E-state index in [9.17, 15) is 24.9 Å². The van der Waals surface area contributed by atoms with E-state index in [2.05, 4.69) is 6.08 Å². The highest BCUT2D eigenvalue weighted by Gasteiger charge is 2.54. The Balaban J connectivity index is 1.67. The fourth-order valence-corrected chi connectivity index (χ4v) is 6.63. The van der Waals surface area contributed by atoms with Gasteiger partial charge >= 0.3 is 0 Å². The van der Waals surface area contributed by atoms with Gasteiger partial charge in [-0.1, -0.05) is 62.8 Å². The second kappa shape index (κ2) is 12.5. The average Bonchev–Trinajstić information content (AvgIpc) is 3.17. The number of phenolic OH excluding ortho intramolecular Hbond substituents is 1. The van der Waals surface area contributed by atoms with Gasteiger partial charge in [-0.15, -0.1) is 0 Å². The van der Waals surface area contributed by atoms with Gasteiger partial charge in [0.25, 0.3) is 0 Å². The van der Waals surface area contributed by atoms with Crippen molar-refractivity contribution in [2.24, 2.45) is 23.7 Å². The van der Waals surface area contributed by atoms with Crippen molar-refractivity contribution in [1.29, 1.82) is 0 Å². The molecule has 0 aromatic heterocycles. The fraction of sp³-hybridized carbons (Fsp3) is 0.471. The van der Waals surface area contributed by atoms with E-state index in [4.69, 9.17) is 0 Å². The maximum absolute atomic E-state index is 13.4. The lowest BCUT2D eigenvalue weighted by Gasteiger charge is -2.38. The molecule has 1 saturated heterocycles. The van der Waals surface area contributed by atoms with Gasteiger partial charge in [-0.2, -0.15) is 0 Å². The first-order chi connectivity index (χ1) is 19.1. The van der Waals surface area contributed by atoms with Crippen molar-refractivity contribution in [3.05, 3.63) is 75.9 Å². The number of allylic oxidation sites excluding steroid dienone is 2. The summed E-state index contributed by atoms with van der Waals surface area (Å²) in [7, 11) is 0. The number of imide groups is 1. The molecule has 0 spiro atoms. The number of carbonyl (C=O) groups is 2. The molecule has 1 heterocycles. The summed E-state index contributed by atoms with van der Waals surface area (Å²) in [5, 5.41) is 32.5. The molecule has 2 amide bonds. The maximum Gasteiger partial charge on any atom is 0.233 e. The summed E-state index contributed by atoms with van der Waals surface area (Å²) in [5.41, 5.74) is 6.41. The first kappa shape index (κ1) is 29.8. The third kappa shape index (κ3) is 5.79. The minimum absolute atomic E-state index is 0.0786. The quantitative estimate of drug-likeness (QED) is 0.203. The number of aromatic hydroxyl groups is 1. The van der Waals surface area contributed by atoms with Gasteiger partial charge in [-0.05, 0) is 91.0 Å². The number of hydrogen-bond donors (Lipinski definition) is 3. The molecule has 2 aromatic rings. The molecular formula is C34H43NO5. The maximum atomic E-state index is 13.4. The number of phenols is 1. The van der Waals surface area contributed by atoms with Gasteiger partial charge in [0.1, 0.15) is 5.75 Å². The number of nitrogens with zero attached hydrogens (tertiary/aromatic N) is 1. The molecule has 2 aromatic carbocycles. The Morgan fingerprint density at radius 2 is 1.73 bits per heavy atom. The number of rotatable bonds is 10. The highest BCUT2D eigenvalue weighted by atomic mass is 16.3. The lowest BCUT2D eigenvalue weighted by atomic mass is 9.66. The molecule has 0 bridgehead atoms. The third-order valence-electron chi connectivity index (χ3n) is 8.60. The van der Waals surface area contributed by atoms with Crippen molar-refractivity contribution >= 4 is 23.5 Å². The molecule has 0 unspecified atom stereocenters. The summed E-state index contributed by atoms with van der Waals surface area (Å²) in [5.74, 6) is -1.65. The highest BCUT2D eigenvalue weighted by molar-refractivity contribution is 6.05. The number of carbonyl (C=O) groups excluding carboxylic acids is 2. The van der Waals surface area contributed by atoms with Crippen molar-refractivity contribution in [1.82, 2.24) is 4.90 Å². The van der Waals surface area contributed by atoms with Crippen LogP contribution in [0.1, 0.15) is 68.7 Å². The molecule has 0 radical (unpaired) electrons. The number of hydrogen-bond acceptors (Lipinski definition) is 5. The van der Waals surface area contributed by atoms with Crippen LogP contribution in [0.3, 0.4) is 0 Å². The average molecular weight is 546 g/mol. The standard InChI is InChI=1S/C34H43NO5/c1-6-14-35-33(39)27-18-26(20(2)3)30(28(19-36)31(27)34(35)40)29(37)13-12-25(24-10-8-7-9-11-24)17-23-15-21(4)32(38)22(5)16-23/h7-11,15-17,20,27-29,31,36-38H,6,12-14,18-19H2,1-5H3/b25-17-/t27-,28+,29-,31-/m1/s1. The van der Waals surface area contributed by atoms with E-state index in [1.54, 1.807) is 0 Å². The van der Waals surface area contributed by atoms with Gasteiger partial charge in [0.2, 0.25) is 11.8 Å². The second-order valence-corrected chi connectivity index (χ2v) is 11.7. The Hall–Kier alpha value is -3.22. The minimum Gasteiger partial charge on any atom is -0.507 e. The lowest BCUT2D eigenvalue weighted by Crippen LogP contribution is -2.39. The normalized spacial score (nSPS) is 22.4. The molecule has 1 aliphatic heterocycles. The zero-order valence-electron chi connectivity index (χ0n) is 24.4. The van der Waals surface area contributed by atoms with Crippen LogP contribution in [0, 0.1) is 37.5 Å². The lowest BCUT2D eigenvalue weighted by molar-refractivity contribution is -0.140. The molecule has 1 fully saturated rings. The van der Waals surface area contributed by atoms with E-state index in [0.717, 1.165) is 39.0 Å². The monoisotopic (exact) mass is 545 g/mol. The van der Waals surface area contributed by atoms with Crippen LogP contribution >= 0.6 is 0 Å². The Kier molecular flexibility index (Phi) is 9.32. The predicted molar refractivity (Wildman–Crippen MR) is 158 cm³/mol. The summed E-state index contributed by atoms with van der Waals surface area (Å²) in [6.45, 7) is 9.91. The van der Waals surface area contributed by atoms with Gasteiger partial charge in [0.05, 0.1) is 24.5 Å². The SMILES string of the molecule is CCCN1C(=O)[C@@H]2[C@@H](CC(C(C)C)=C([C@H](O)CC/C(=C/c3cc(C)c(O)c(C)c3)c3ccccc3)[C@@H]2CO)C1=O. The van der Waals surface area contributed by atoms with Crippen LogP contribution in [0.4, 0.5) is 0 Å². The van der Waals surface area contributed by atoms with Crippen molar-refractivity contribution < 1.29 is 24.9 Å².